The van der Waals surface area contributed by atoms with Crippen molar-refractivity contribution in [3.05, 3.63) is 0 Å². The van der Waals surface area contributed by atoms with Gasteiger partial charge in [0.1, 0.15) is 7.85 Å². The highest BCUT2D eigenvalue weighted by atomic mass is 16.5. The average molecular weight is 436 g/mol. The molecule has 1 aliphatic rings. The summed E-state index contributed by atoms with van der Waals surface area (Å²) in [4.78, 5) is 39.5. The summed E-state index contributed by atoms with van der Waals surface area (Å²) in [6.07, 6.45) is 1.91. The van der Waals surface area contributed by atoms with Crippen LogP contribution >= 0.6 is 0 Å². The van der Waals surface area contributed by atoms with Crippen LogP contribution in [0.4, 0.5) is 0 Å². The minimum Gasteiger partial charge on any atom is -0.375 e. The predicted molar refractivity (Wildman–Crippen MR) is 128 cm³/mol. The number of rotatable bonds is 11. The number of hydrogen-bond donors (Lipinski definition) is 1. The number of hydrogen-bond acceptors (Lipinski definition) is 4. The third-order valence-corrected chi connectivity index (χ3v) is 5.88. The second-order valence-corrected chi connectivity index (χ2v) is 12.6. The van der Waals surface area contributed by atoms with Gasteiger partial charge >= 0.3 is 0 Å². The highest BCUT2D eigenvalue weighted by Gasteiger charge is 2.47. The van der Waals surface area contributed by atoms with Gasteiger partial charge in [0.2, 0.25) is 17.7 Å². The van der Waals surface area contributed by atoms with E-state index >= 15 is 0 Å². The van der Waals surface area contributed by atoms with Gasteiger partial charge in [0.05, 0.1) is 11.1 Å². The molecule has 0 spiro atoms. The number of ether oxygens (including phenoxy) is 1. The number of imide groups is 1. The smallest absolute Gasteiger partial charge is 0.233 e. The van der Waals surface area contributed by atoms with Gasteiger partial charge in [-0.15, -0.1) is 0 Å². The van der Waals surface area contributed by atoms with Gasteiger partial charge in [-0.05, 0) is 60.3 Å². The van der Waals surface area contributed by atoms with Crippen molar-refractivity contribution in [3.63, 3.8) is 0 Å². The molecule has 1 heterocycles. The fourth-order valence-electron chi connectivity index (χ4n) is 4.50. The Bertz CT molecular complexity index is 678. The van der Waals surface area contributed by atoms with Crippen LogP contribution in [-0.2, 0) is 19.1 Å². The van der Waals surface area contributed by atoms with Gasteiger partial charge in [-0.3, -0.25) is 19.3 Å². The molecule has 178 valence electrons. The summed E-state index contributed by atoms with van der Waals surface area (Å²) in [5.41, 5.74) is -1.74. The fourth-order valence-corrected chi connectivity index (χ4v) is 4.50. The Morgan fingerprint density at radius 3 is 2.13 bits per heavy atom. The van der Waals surface area contributed by atoms with Crippen LogP contribution in [0.15, 0.2) is 0 Å². The molecule has 1 saturated heterocycles. The Morgan fingerprint density at radius 1 is 1.13 bits per heavy atom. The highest BCUT2D eigenvalue weighted by molar-refractivity contribution is 6.14. The predicted octanol–water partition coefficient (Wildman–Crippen LogP) is 3.49. The molecule has 31 heavy (non-hydrogen) atoms. The van der Waals surface area contributed by atoms with Crippen LogP contribution in [0.5, 0.6) is 0 Å². The molecule has 1 unspecified atom stereocenters. The van der Waals surface area contributed by atoms with E-state index in [-0.39, 0.29) is 53.3 Å². The van der Waals surface area contributed by atoms with Gasteiger partial charge in [-0.1, -0.05) is 33.0 Å². The van der Waals surface area contributed by atoms with Gasteiger partial charge in [0.15, 0.2) is 0 Å². The minimum atomic E-state index is -0.864. The maximum absolute atomic E-state index is 12.9. The van der Waals surface area contributed by atoms with E-state index < -0.39 is 11.1 Å². The lowest BCUT2D eigenvalue weighted by atomic mass is 9.70. The molecule has 0 bridgehead atoms. The number of nitrogens with zero attached hydrogens (tertiary/aromatic N) is 1. The van der Waals surface area contributed by atoms with Crippen LogP contribution in [0.1, 0.15) is 94.9 Å². The first kappa shape index (κ1) is 27.7. The Balaban J connectivity index is 2.72. The van der Waals surface area contributed by atoms with E-state index in [1.807, 2.05) is 41.5 Å². The summed E-state index contributed by atoms with van der Waals surface area (Å²) < 4.78 is 6.12. The molecule has 1 N–H and O–H groups in total. The van der Waals surface area contributed by atoms with Gasteiger partial charge in [0, 0.05) is 30.9 Å². The minimum absolute atomic E-state index is 0.0734. The SMILES string of the molecule is BC(C)(C)CCOC(C)(C)CC(C)(C)NC(=O)CC(C)(C)N1C(=O)CC(C(C)C)C1=O. The molecular formula is C24H45BN2O4. The zero-order valence-corrected chi connectivity index (χ0v) is 21.8. The largest absolute Gasteiger partial charge is 0.375 e. The molecule has 0 aromatic rings. The molecule has 3 amide bonds. The average Bonchev–Trinajstić information content (AvgIpc) is 2.78. The van der Waals surface area contributed by atoms with Crippen molar-refractivity contribution in [2.45, 2.75) is 117 Å². The Morgan fingerprint density at radius 2 is 1.68 bits per heavy atom. The maximum atomic E-state index is 12.9. The van der Waals surface area contributed by atoms with Crippen molar-refractivity contribution in [2.24, 2.45) is 11.8 Å². The fraction of sp³-hybridized carbons (Fsp3) is 0.875. The van der Waals surface area contributed by atoms with E-state index in [0.29, 0.717) is 13.0 Å². The Kier molecular flexibility index (Phi) is 8.60. The van der Waals surface area contributed by atoms with E-state index in [9.17, 15) is 14.4 Å². The van der Waals surface area contributed by atoms with Crippen molar-refractivity contribution in [1.82, 2.24) is 10.2 Å². The van der Waals surface area contributed by atoms with E-state index in [0.717, 1.165) is 6.42 Å². The highest BCUT2D eigenvalue weighted by Crippen LogP contribution is 2.34. The zero-order chi connectivity index (χ0) is 24.4. The molecule has 1 fully saturated rings. The van der Waals surface area contributed by atoms with Crippen molar-refractivity contribution in [3.8, 4) is 0 Å². The molecule has 0 aliphatic carbocycles. The van der Waals surface area contributed by atoms with Crippen LogP contribution in [0.3, 0.4) is 0 Å². The molecule has 0 radical (unpaired) electrons. The third-order valence-electron chi connectivity index (χ3n) is 5.88. The number of nitrogens with one attached hydrogen (secondary N) is 1. The molecular weight excluding hydrogens is 391 g/mol. The first-order chi connectivity index (χ1) is 13.8. The monoisotopic (exact) mass is 436 g/mol. The van der Waals surface area contributed by atoms with Crippen molar-refractivity contribution >= 4 is 25.6 Å². The molecule has 1 atom stereocenters. The van der Waals surface area contributed by atoms with Crippen LogP contribution in [0.25, 0.3) is 0 Å². The lowest BCUT2D eigenvalue weighted by Gasteiger charge is -2.38. The van der Waals surface area contributed by atoms with Crippen LogP contribution in [0, 0.1) is 11.8 Å². The lowest BCUT2D eigenvalue weighted by Crippen LogP contribution is -2.54. The van der Waals surface area contributed by atoms with Crippen LogP contribution < -0.4 is 5.32 Å². The zero-order valence-electron chi connectivity index (χ0n) is 21.8. The molecule has 1 aliphatic heterocycles. The quantitative estimate of drug-likeness (QED) is 0.397. The second-order valence-electron chi connectivity index (χ2n) is 12.6. The standard InChI is InChI=1S/C24H45BN2O4/c1-16(2)17-13-19(29)27(20(17)30)23(7,8)14-18(28)26-22(5,6)15-24(9,10)31-12-11-21(3,4)25/h16-17H,11-15,25H2,1-10H3,(H,26,28). The van der Waals surface area contributed by atoms with Gasteiger partial charge in [0.25, 0.3) is 0 Å². The van der Waals surface area contributed by atoms with Gasteiger partial charge in [-0.25, -0.2) is 0 Å². The molecule has 0 aromatic carbocycles. The summed E-state index contributed by atoms with van der Waals surface area (Å²) >= 11 is 0. The van der Waals surface area contributed by atoms with Crippen molar-refractivity contribution in [2.75, 3.05) is 6.61 Å². The normalized spacial score (nSPS) is 18.8. The molecule has 7 heteroatoms. The summed E-state index contributed by atoms with van der Waals surface area (Å²) in [5, 5.41) is 3.31. The lowest BCUT2D eigenvalue weighted by molar-refractivity contribution is -0.147. The van der Waals surface area contributed by atoms with E-state index in [2.05, 4.69) is 27.0 Å². The number of carbonyl (C=O) groups is 3. The van der Waals surface area contributed by atoms with Gasteiger partial charge in [-0.2, -0.15) is 0 Å². The Hall–Kier alpha value is -1.37. The topological polar surface area (TPSA) is 75.7 Å². The number of likely N-dealkylation sites (tertiary alicyclic amines) is 1. The molecule has 6 nitrogen and oxygen atoms in total. The van der Waals surface area contributed by atoms with E-state index in [4.69, 9.17) is 4.74 Å². The van der Waals surface area contributed by atoms with Crippen molar-refractivity contribution < 1.29 is 19.1 Å². The molecule has 0 aromatic heterocycles. The van der Waals surface area contributed by atoms with Crippen LogP contribution in [-0.4, -0.2) is 53.8 Å². The summed E-state index contributed by atoms with van der Waals surface area (Å²) in [6.45, 7) is 20.6. The van der Waals surface area contributed by atoms with E-state index in [1.54, 1.807) is 13.8 Å². The van der Waals surface area contributed by atoms with Crippen LogP contribution in [0.2, 0.25) is 5.31 Å². The third kappa shape index (κ3) is 8.59. The number of amides is 3. The van der Waals surface area contributed by atoms with Crippen molar-refractivity contribution in [1.29, 1.82) is 0 Å². The first-order valence-electron chi connectivity index (χ1n) is 11.6. The van der Waals surface area contributed by atoms with Gasteiger partial charge < -0.3 is 10.1 Å². The summed E-state index contributed by atoms with van der Waals surface area (Å²) in [6, 6.07) is 0. The maximum Gasteiger partial charge on any atom is 0.233 e. The summed E-state index contributed by atoms with van der Waals surface area (Å²) in [7, 11) is 2.19. The first-order valence-corrected chi connectivity index (χ1v) is 11.6. The summed E-state index contributed by atoms with van der Waals surface area (Å²) in [5.74, 6) is -0.712. The van der Waals surface area contributed by atoms with E-state index in [1.165, 1.54) is 4.90 Å². The second kappa shape index (κ2) is 9.64. The Labute approximate surface area is 190 Å². The molecule has 0 saturated carbocycles. The number of carbonyl (C=O) groups excluding carboxylic acids is 3. The molecule has 1 rings (SSSR count).